The molecule has 24 heavy (non-hydrogen) atoms. The van der Waals surface area contributed by atoms with E-state index in [1.807, 2.05) is 43.8 Å². The van der Waals surface area contributed by atoms with E-state index in [1.54, 1.807) is 19.4 Å². The number of guanidine groups is 1. The van der Waals surface area contributed by atoms with E-state index in [9.17, 15) is 0 Å². The van der Waals surface area contributed by atoms with Gasteiger partial charge in [-0.05, 0) is 25.5 Å². The molecule has 0 fully saturated rings. The maximum atomic E-state index is 5.53. The van der Waals surface area contributed by atoms with Crippen LogP contribution in [0.4, 0.5) is 0 Å². The Morgan fingerprint density at radius 3 is 2.54 bits per heavy atom. The normalized spacial score (nSPS) is 11.1. The van der Waals surface area contributed by atoms with E-state index < -0.39 is 0 Å². The lowest BCUT2D eigenvalue weighted by atomic mass is 10.3. The predicted octanol–water partition coefficient (Wildman–Crippen LogP) is 2.09. The van der Waals surface area contributed by atoms with Crippen molar-refractivity contribution in [3.05, 3.63) is 41.9 Å². The fraction of sp³-hybridized carbons (Fsp3) is 0.438. The maximum absolute atomic E-state index is 5.53. The highest BCUT2D eigenvalue weighted by Gasteiger charge is 2.03. The van der Waals surface area contributed by atoms with Gasteiger partial charge in [-0.2, -0.15) is 5.10 Å². The second-order valence-electron chi connectivity index (χ2n) is 5.40. The number of aryl methyl sites for hydroxylation is 1. The van der Waals surface area contributed by atoms with E-state index in [2.05, 4.69) is 25.7 Å². The first-order chi connectivity index (χ1) is 11.1. The van der Waals surface area contributed by atoms with E-state index in [1.165, 1.54) is 0 Å². The molecule has 0 aliphatic carbocycles. The van der Waals surface area contributed by atoms with Crippen LogP contribution in [0.2, 0.25) is 0 Å². The summed E-state index contributed by atoms with van der Waals surface area (Å²) in [5, 5.41) is 10.6. The fourth-order valence-electron chi connectivity index (χ4n) is 1.98. The van der Waals surface area contributed by atoms with Gasteiger partial charge < -0.3 is 15.4 Å². The average Bonchev–Trinajstić information content (AvgIpc) is 2.94. The van der Waals surface area contributed by atoms with Crippen LogP contribution in [0.5, 0.6) is 5.88 Å². The molecule has 2 heterocycles. The third kappa shape index (κ3) is 6.34. The minimum Gasteiger partial charge on any atom is -0.475 e. The zero-order chi connectivity index (χ0) is 16.7. The first-order valence-corrected chi connectivity index (χ1v) is 7.61. The second kappa shape index (κ2) is 10.1. The van der Waals surface area contributed by atoms with Crippen molar-refractivity contribution in [2.75, 3.05) is 7.05 Å². The van der Waals surface area contributed by atoms with Gasteiger partial charge in [-0.25, -0.2) is 4.98 Å². The highest BCUT2D eigenvalue weighted by atomic mass is 127. The van der Waals surface area contributed by atoms with E-state index in [0.29, 0.717) is 19.0 Å². The Balaban J connectivity index is 0.00000288. The molecule has 2 aromatic rings. The first-order valence-electron chi connectivity index (χ1n) is 7.61. The zero-order valence-corrected chi connectivity index (χ0v) is 16.8. The van der Waals surface area contributed by atoms with Gasteiger partial charge in [0.1, 0.15) is 0 Å². The van der Waals surface area contributed by atoms with Crippen LogP contribution in [-0.2, 0) is 20.1 Å². The summed E-state index contributed by atoms with van der Waals surface area (Å²) >= 11 is 0. The predicted molar refractivity (Wildman–Crippen MR) is 106 cm³/mol. The molecule has 0 saturated heterocycles. The monoisotopic (exact) mass is 444 g/mol. The largest absolute Gasteiger partial charge is 0.475 e. The van der Waals surface area contributed by atoms with Crippen molar-refractivity contribution in [3.8, 4) is 5.88 Å². The molecule has 2 N–H and O–H groups in total. The summed E-state index contributed by atoms with van der Waals surface area (Å²) in [6.45, 7) is 5.26. The van der Waals surface area contributed by atoms with Crippen molar-refractivity contribution in [1.29, 1.82) is 0 Å². The lowest BCUT2D eigenvalue weighted by molar-refractivity contribution is 0.232. The molecule has 0 atom stereocenters. The van der Waals surface area contributed by atoms with Gasteiger partial charge in [-0.15, -0.1) is 24.0 Å². The van der Waals surface area contributed by atoms with Crippen LogP contribution in [-0.4, -0.2) is 33.9 Å². The Bertz CT molecular complexity index is 638. The molecule has 0 saturated carbocycles. The van der Waals surface area contributed by atoms with Crippen LogP contribution < -0.4 is 15.4 Å². The SMILES string of the molecule is CN=C(NCc1ccc(OC(C)C)nc1)NCc1ccnn1C.I. The molecule has 0 aliphatic heterocycles. The summed E-state index contributed by atoms with van der Waals surface area (Å²) in [4.78, 5) is 8.50. The summed E-state index contributed by atoms with van der Waals surface area (Å²) in [6, 6.07) is 5.84. The van der Waals surface area contributed by atoms with Crippen molar-refractivity contribution >= 4 is 29.9 Å². The molecular formula is C16H25IN6O. The van der Waals surface area contributed by atoms with E-state index >= 15 is 0 Å². The fourth-order valence-corrected chi connectivity index (χ4v) is 1.98. The minimum absolute atomic E-state index is 0. The number of ether oxygens (including phenoxy) is 1. The number of aromatic nitrogens is 3. The second-order valence-corrected chi connectivity index (χ2v) is 5.40. The Morgan fingerprint density at radius 1 is 1.25 bits per heavy atom. The van der Waals surface area contributed by atoms with Crippen molar-refractivity contribution in [1.82, 2.24) is 25.4 Å². The number of aliphatic imine (C=N–C) groups is 1. The summed E-state index contributed by atoms with van der Waals surface area (Å²) in [7, 11) is 3.66. The van der Waals surface area contributed by atoms with Gasteiger partial charge in [0.25, 0.3) is 0 Å². The van der Waals surface area contributed by atoms with Gasteiger partial charge in [0.15, 0.2) is 5.96 Å². The third-order valence-corrected chi connectivity index (χ3v) is 3.20. The smallest absolute Gasteiger partial charge is 0.213 e. The molecule has 0 aromatic carbocycles. The van der Waals surface area contributed by atoms with Gasteiger partial charge in [-0.1, -0.05) is 6.07 Å². The molecule has 0 unspecified atom stereocenters. The number of hydrogen-bond acceptors (Lipinski definition) is 4. The van der Waals surface area contributed by atoms with Gasteiger partial charge in [-0.3, -0.25) is 9.67 Å². The molecule has 0 amide bonds. The van der Waals surface area contributed by atoms with Crippen molar-refractivity contribution in [2.45, 2.75) is 33.0 Å². The molecule has 2 aromatic heterocycles. The Labute approximate surface area is 159 Å². The molecule has 0 bridgehead atoms. The summed E-state index contributed by atoms with van der Waals surface area (Å²) in [5.74, 6) is 1.37. The van der Waals surface area contributed by atoms with Crippen LogP contribution in [0.25, 0.3) is 0 Å². The highest BCUT2D eigenvalue weighted by molar-refractivity contribution is 14.0. The molecule has 0 spiro atoms. The Hall–Kier alpha value is -1.84. The van der Waals surface area contributed by atoms with Crippen molar-refractivity contribution in [3.63, 3.8) is 0 Å². The molecule has 0 aliphatic rings. The third-order valence-electron chi connectivity index (χ3n) is 3.20. The van der Waals surface area contributed by atoms with Crippen LogP contribution in [0.1, 0.15) is 25.1 Å². The maximum Gasteiger partial charge on any atom is 0.213 e. The number of rotatable bonds is 6. The Morgan fingerprint density at radius 2 is 2.00 bits per heavy atom. The standard InChI is InChI=1S/C16H24N6O.HI/c1-12(2)23-15-6-5-13(9-18-15)10-19-16(17-3)20-11-14-7-8-21-22(14)4;/h5-9,12H,10-11H2,1-4H3,(H2,17,19,20);1H. The lowest BCUT2D eigenvalue weighted by Crippen LogP contribution is -2.36. The topological polar surface area (TPSA) is 76.4 Å². The van der Waals surface area contributed by atoms with Crippen LogP contribution in [0.15, 0.2) is 35.6 Å². The summed E-state index contributed by atoms with van der Waals surface area (Å²) in [6.07, 6.45) is 3.71. The van der Waals surface area contributed by atoms with E-state index in [4.69, 9.17) is 4.74 Å². The van der Waals surface area contributed by atoms with E-state index in [0.717, 1.165) is 17.2 Å². The van der Waals surface area contributed by atoms with Gasteiger partial charge >= 0.3 is 0 Å². The molecular weight excluding hydrogens is 419 g/mol. The first kappa shape index (κ1) is 20.2. The van der Waals surface area contributed by atoms with Crippen molar-refractivity contribution < 1.29 is 4.74 Å². The number of pyridine rings is 1. The molecule has 2 rings (SSSR count). The number of hydrogen-bond donors (Lipinski definition) is 2. The molecule has 0 radical (unpaired) electrons. The lowest BCUT2D eigenvalue weighted by Gasteiger charge is -2.12. The van der Waals surface area contributed by atoms with Gasteiger partial charge in [0.05, 0.1) is 18.3 Å². The number of nitrogens with zero attached hydrogens (tertiary/aromatic N) is 4. The Kier molecular flexibility index (Phi) is 8.51. The number of halogens is 1. The summed E-state index contributed by atoms with van der Waals surface area (Å²) < 4.78 is 7.36. The molecule has 7 nitrogen and oxygen atoms in total. The average molecular weight is 444 g/mol. The van der Waals surface area contributed by atoms with Gasteiger partial charge in [0, 0.05) is 39.1 Å². The van der Waals surface area contributed by atoms with Crippen LogP contribution >= 0.6 is 24.0 Å². The highest BCUT2D eigenvalue weighted by Crippen LogP contribution is 2.09. The molecule has 132 valence electrons. The van der Waals surface area contributed by atoms with Gasteiger partial charge in [0.2, 0.25) is 5.88 Å². The number of nitrogens with one attached hydrogen (secondary N) is 2. The zero-order valence-electron chi connectivity index (χ0n) is 14.5. The van der Waals surface area contributed by atoms with E-state index in [-0.39, 0.29) is 30.1 Å². The van der Waals surface area contributed by atoms with Crippen LogP contribution in [0.3, 0.4) is 0 Å². The molecule has 8 heteroatoms. The quantitative estimate of drug-likeness (QED) is 0.406. The minimum atomic E-state index is 0. The van der Waals surface area contributed by atoms with Crippen molar-refractivity contribution in [2.24, 2.45) is 12.0 Å². The summed E-state index contributed by atoms with van der Waals surface area (Å²) in [5.41, 5.74) is 2.15. The van der Waals surface area contributed by atoms with Crippen LogP contribution in [0, 0.1) is 0 Å².